The normalized spacial score (nSPS) is 17.4. The van der Waals surface area contributed by atoms with E-state index in [2.05, 4.69) is 0 Å². The Bertz CT molecular complexity index is 1620. The summed E-state index contributed by atoms with van der Waals surface area (Å²) >= 11 is 0. The van der Waals surface area contributed by atoms with Crippen LogP contribution in [0, 0.1) is 12.8 Å². The monoisotopic (exact) mass is 653 g/mol. The van der Waals surface area contributed by atoms with Gasteiger partial charge < -0.3 is 14.6 Å². The number of amides is 2. The molecular weight excluding hydrogens is 610 g/mol. The maximum absolute atomic E-state index is 14.4. The predicted molar refractivity (Wildman–Crippen MR) is 181 cm³/mol. The maximum Gasteiger partial charge on any atom is 0.417 e. The van der Waals surface area contributed by atoms with Crippen LogP contribution in [0.2, 0.25) is 0 Å². The van der Waals surface area contributed by atoms with Gasteiger partial charge in [-0.1, -0.05) is 103 Å². The van der Waals surface area contributed by atoms with Gasteiger partial charge in [0.25, 0.3) is 0 Å². The largest absolute Gasteiger partial charge is 0.453 e. The zero-order chi connectivity index (χ0) is 34.6. The molecule has 0 radical (unpaired) electrons. The second-order valence-electron chi connectivity index (χ2n) is 12.1. The highest BCUT2D eigenvalue weighted by Crippen LogP contribution is 2.35. The highest BCUT2D eigenvalue weighted by Gasteiger charge is 2.48. The van der Waals surface area contributed by atoms with Gasteiger partial charge in [-0.05, 0) is 55.9 Å². The lowest BCUT2D eigenvalue weighted by Gasteiger charge is -2.29. The average molecular weight is 654 g/mol. The molecule has 1 fully saturated rings. The lowest BCUT2D eigenvalue weighted by atomic mass is 9.87. The van der Waals surface area contributed by atoms with Crippen LogP contribution < -0.4 is 0 Å². The maximum atomic E-state index is 14.4. The van der Waals surface area contributed by atoms with Crippen molar-refractivity contribution in [3.63, 3.8) is 0 Å². The number of benzene rings is 3. The molecule has 1 N–H and O–H groups in total. The summed E-state index contributed by atoms with van der Waals surface area (Å²) in [4.78, 5) is 69.0. The minimum Gasteiger partial charge on any atom is -0.453 e. The number of carbonyl (C=O) groups excluding carboxylic acids is 5. The number of carbonyl (C=O) groups is 5. The van der Waals surface area contributed by atoms with Crippen molar-refractivity contribution in [2.24, 2.45) is 5.92 Å². The Kier molecular flexibility index (Phi) is 13.0. The quantitative estimate of drug-likeness (QED) is 0.108. The minimum absolute atomic E-state index is 0.0255. The molecule has 1 heterocycles. The van der Waals surface area contributed by atoms with E-state index in [0.717, 1.165) is 30.2 Å². The van der Waals surface area contributed by atoms with Crippen LogP contribution in [0.1, 0.15) is 74.3 Å². The molecule has 9 nitrogen and oxygen atoms in total. The van der Waals surface area contributed by atoms with Crippen LogP contribution in [0.25, 0.3) is 5.57 Å². The van der Waals surface area contributed by atoms with Crippen molar-refractivity contribution >= 4 is 35.1 Å². The molecule has 1 aliphatic rings. The van der Waals surface area contributed by atoms with E-state index in [1.165, 1.54) is 6.08 Å². The summed E-state index contributed by atoms with van der Waals surface area (Å²) in [6, 6.07) is 24.5. The molecule has 3 aromatic rings. The van der Waals surface area contributed by atoms with Gasteiger partial charge in [0.1, 0.15) is 6.10 Å². The van der Waals surface area contributed by atoms with E-state index in [1.807, 2.05) is 37.3 Å². The number of nitrogens with zero attached hydrogens (tertiary/aromatic N) is 1. The van der Waals surface area contributed by atoms with Gasteiger partial charge in [0.15, 0.2) is 17.7 Å². The van der Waals surface area contributed by atoms with Gasteiger partial charge in [-0.2, -0.15) is 0 Å². The molecule has 0 spiro atoms. The number of hydrogen-bond acceptors (Lipinski definition) is 8. The Morgan fingerprint density at radius 1 is 0.917 bits per heavy atom. The van der Waals surface area contributed by atoms with Crippen LogP contribution in [0.3, 0.4) is 0 Å². The minimum atomic E-state index is -1.64. The van der Waals surface area contributed by atoms with Crippen LogP contribution in [-0.2, 0) is 35.1 Å². The molecule has 1 aliphatic heterocycles. The standard InChI is InChI=1S/C39H43NO8/c1-26-15-14-20-31(23-26)32(34(43)21-12-4-5-13-22-41)25-35(44)37(47-28(3)42)33(24-29-16-8-6-9-17-29)38(45)40-27(2)36(48-39(40)46)30-18-10-7-11-19-30/h6-11,14-20,23,25,27,33,36-37,41H,4-5,12-13,21-22,24H2,1-3H3. The molecular formula is C39H43NO8. The summed E-state index contributed by atoms with van der Waals surface area (Å²) < 4.78 is 11.3. The molecule has 2 amide bonds. The highest BCUT2D eigenvalue weighted by molar-refractivity contribution is 6.25. The van der Waals surface area contributed by atoms with Gasteiger partial charge in [0.2, 0.25) is 5.91 Å². The third kappa shape index (κ3) is 9.35. The lowest BCUT2D eigenvalue weighted by Crippen LogP contribution is -2.49. The molecule has 252 valence electrons. The van der Waals surface area contributed by atoms with Crippen LogP contribution in [-0.4, -0.2) is 58.3 Å². The first-order valence-electron chi connectivity index (χ1n) is 16.4. The summed E-state index contributed by atoms with van der Waals surface area (Å²) in [5.74, 6) is -3.84. The van der Waals surface area contributed by atoms with E-state index in [1.54, 1.807) is 61.5 Å². The van der Waals surface area contributed by atoms with Gasteiger partial charge >= 0.3 is 12.1 Å². The van der Waals surface area contributed by atoms with E-state index in [9.17, 15) is 24.0 Å². The van der Waals surface area contributed by atoms with Gasteiger partial charge in [-0.15, -0.1) is 0 Å². The Morgan fingerprint density at radius 3 is 2.23 bits per heavy atom. The van der Waals surface area contributed by atoms with Gasteiger partial charge in [-0.25, -0.2) is 9.69 Å². The lowest BCUT2D eigenvalue weighted by molar-refractivity contribution is -0.158. The number of Topliss-reactive ketones (excluding diaryl/α,β-unsaturated/α-hetero) is 1. The molecule has 0 bridgehead atoms. The summed E-state index contributed by atoms with van der Waals surface area (Å²) in [5.41, 5.74) is 2.94. The number of aliphatic hydroxyl groups is 1. The zero-order valence-corrected chi connectivity index (χ0v) is 27.7. The Labute approximate surface area is 281 Å². The first kappa shape index (κ1) is 36.0. The van der Waals surface area contributed by atoms with Crippen molar-refractivity contribution in [2.45, 2.75) is 77.5 Å². The van der Waals surface area contributed by atoms with E-state index < -0.39 is 47.9 Å². The van der Waals surface area contributed by atoms with Crippen LogP contribution in [0.15, 0.2) is 91.0 Å². The first-order chi connectivity index (χ1) is 23.1. The topological polar surface area (TPSA) is 127 Å². The Morgan fingerprint density at radius 2 is 1.58 bits per heavy atom. The molecule has 3 aromatic carbocycles. The second-order valence-corrected chi connectivity index (χ2v) is 12.1. The van der Waals surface area contributed by atoms with E-state index in [4.69, 9.17) is 14.6 Å². The smallest absolute Gasteiger partial charge is 0.417 e. The van der Waals surface area contributed by atoms with Gasteiger partial charge in [0.05, 0.1) is 12.0 Å². The van der Waals surface area contributed by atoms with Crippen molar-refractivity contribution < 1.29 is 38.6 Å². The number of hydrogen-bond donors (Lipinski definition) is 1. The average Bonchev–Trinajstić information content (AvgIpc) is 3.38. The van der Waals surface area contributed by atoms with E-state index in [-0.39, 0.29) is 30.8 Å². The van der Waals surface area contributed by atoms with Crippen LogP contribution in [0.4, 0.5) is 4.79 Å². The number of aliphatic hydroxyl groups excluding tert-OH is 1. The molecule has 1 saturated heterocycles. The van der Waals surface area contributed by atoms with E-state index in [0.29, 0.717) is 29.5 Å². The molecule has 4 rings (SSSR count). The second kappa shape index (κ2) is 17.3. The number of ether oxygens (including phenoxy) is 2. The van der Waals surface area contributed by atoms with Crippen molar-refractivity contribution in [1.29, 1.82) is 0 Å². The number of rotatable bonds is 16. The first-order valence-corrected chi connectivity index (χ1v) is 16.4. The summed E-state index contributed by atoms with van der Waals surface area (Å²) in [6.07, 6.45) is 0.798. The number of ketones is 2. The predicted octanol–water partition coefficient (Wildman–Crippen LogP) is 6.36. The molecule has 0 aliphatic carbocycles. The van der Waals surface area contributed by atoms with Gasteiger partial charge in [-0.3, -0.25) is 19.2 Å². The third-order valence-electron chi connectivity index (χ3n) is 8.42. The number of unbranched alkanes of at least 4 members (excludes halogenated alkanes) is 3. The molecule has 9 heteroatoms. The SMILES string of the molecule is CC(=O)OC(C(=O)C=C(C(=O)CCCCCCO)c1cccc(C)c1)C(Cc1ccccc1)C(=O)N1C(=O)OC(c2ccccc2)C1C. The fourth-order valence-electron chi connectivity index (χ4n) is 5.98. The molecule has 48 heavy (non-hydrogen) atoms. The van der Waals surface area contributed by atoms with Gasteiger partial charge in [0, 0.05) is 25.5 Å². The fourth-order valence-corrected chi connectivity index (χ4v) is 5.98. The fraction of sp³-hybridized carbons (Fsp3) is 0.359. The van der Waals surface area contributed by atoms with Crippen LogP contribution >= 0.6 is 0 Å². The van der Waals surface area contributed by atoms with E-state index >= 15 is 0 Å². The summed E-state index contributed by atoms with van der Waals surface area (Å²) in [5, 5.41) is 9.09. The Hall–Kier alpha value is -4.89. The number of imide groups is 1. The summed E-state index contributed by atoms with van der Waals surface area (Å²) in [7, 11) is 0. The Balaban J connectivity index is 1.73. The van der Waals surface area contributed by atoms with Crippen molar-refractivity contribution in [2.75, 3.05) is 6.61 Å². The van der Waals surface area contributed by atoms with Crippen molar-refractivity contribution in [3.05, 3.63) is 113 Å². The number of allylic oxidation sites excluding steroid dienone is 1. The number of esters is 1. The van der Waals surface area contributed by atoms with Crippen LogP contribution in [0.5, 0.6) is 0 Å². The number of aryl methyl sites for hydroxylation is 1. The summed E-state index contributed by atoms with van der Waals surface area (Å²) in [6.45, 7) is 4.79. The van der Waals surface area contributed by atoms with Crippen molar-refractivity contribution in [3.8, 4) is 0 Å². The third-order valence-corrected chi connectivity index (χ3v) is 8.42. The molecule has 0 saturated carbocycles. The molecule has 4 atom stereocenters. The zero-order valence-electron chi connectivity index (χ0n) is 27.7. The van der Waals surface area contributed by atoms with Crippen molar-refractivity contribution in [1.82, 2.24) is 4.90 Å². The molecule has 4 unspecified atom stereocenters. The molecule has 0 aromatic heterocycles. The number of cyclic esters (lactones) is 1. The highest BCUT2D eigenvalue weighted by atomic mass is 16.6.